The zero-order valence-corrected chi connectivity index (χ0v) is 11.7. The number of hydrogen-bond donors (Lipinski definition) is 4. The fraction of sp³-hybridized carbons (Fsp3) is 0.615. The molecular formula is C13H18N2O6. The molecule has 3 aliphatic rings. The normalized spacial score (nSPS) is 42.1. The number of nitrogens with zero attached hydrogens (tertiary/aromatic N) is 1. The number of rotatable bonds is 2. The molecule has 8 heteroatoms. The molecule has 0 aliphatic carbocycles. The van der Waals surface area contributed by atoms with E-state index < -0.39 is 42.9 Å². The maximum absolute atomic E-state index is 12.2. The zero-order chi connectivity index (χ0) is 15.4. The number of urea groups is 1. The van der Waals surface area contributed by atoms with Crippen LogP contribution in [0.5, 0.6) is 0 Å². The Morgan fingerprint density at radius 3 is 2.86 bits per heavy atom. The molecule has 2 unspecified atom stereocenters. The summed E-state index contributed by atoms with van der Waals surface area (Å²) in [5, 5.41) is 32.2. The predicted molar refractivity (Wildman–Crippen MR) is 69.5 cm³/mol. The lowest BCUT2D eigenvalue weighted by Gasteiger charge is -2.36. The van der Waals surface area contributed by atoms with Gasteiger partial charge in [-0.1, -0.05) is 0 Å². The minimum absolute atomic E-state index is 0.454. The van der Waals surface area contributed by atoms with Crippen molar-refractivity contribution in [2.75, 3.05) is 6.61 Å². The topological polar surface area (TPSA) is 111 Å². The highest BCUT2D eigenvalue weighted by Crippen LogP contribution is 2.35. The van der Waals surface area contributed by atoms with Crippen molar-refractivity contribution in [1.82, 2.24) is 10.2 Å². The molecule has 3 aliphatic heterocycles. The summed E-state index contributed by atoms with van der Waals surface area (Å²) < 4.78 is 10.8. The van der Waals surface area contributed by atoms with Crippen LogP contribution in [0.2, 0.25) is 0 Å². The van der Waals surface area contributed by atoms with E-state index in [9.17, 15) is 20.1 Å². The van der Waals surface area contributed by atoms with Crippen molar-refractivity contribution in [2.24, 2.45) is 0 Å². The molecule has 8 nitrogen and oxygen atoms in total. The molecule has 4 N–H and O–H groups in total. The molecule has 0 spiro atoms. The van der Waals surface area contributed by atoms with E-state index >= 15 is 0 Å². The van der Waals surface area contributed by atoms with Crippen molar-refractivity contribution < 1.29 is 29.6 Å². The Morgan fingerprint density at radius 1 is 1.52 bits per heavy atom. The Kier molecular flexibility index (Phi) is 3.21. The van der Waals surface area contributed by atoms with E-state index in [1.54, 1.807) is 13.0 Å². The smallest absolute Gasteiger partial charge is 0.326 e. The number of carbonyl (C=O) groups excluding carboxylic acids is 1. The fourth-order valence-electron chi connectivity index (χ4n) is 2.79. The first-order valence-electron chi connectivity index (χ1n) is 6.67. The van der Waals surface area contributed by atoms with E-state index in [1.807, 2.05) is 0 Å². The van der Waals surface area contributed by atoms with Crippen LogP contribution in [0, 0.1) is 0 Å². The van der Waals surface area contributed by atoms with Gasteiger partial charge in [-0.3, -0.25) is 10.2 Å². The summed E-state index contributed by atoms with van der Waals surface area (Å²) in [4.78, 5) is 13.3. The summed E-state index contributed by atoms with van der Waals surface area (Å²) >= 11 is 0. The lowest BCUT2D eigenvalue weighted by Crippen LogP contribution is -2.58. The Morgan fingerprint density at radius 2 is 2.24 bits per heavy atom. The SMILES string of the molecule is CC1=CC2=CN(C3O[C@H](CO)[C@@H](O)[C@@]3(C)O)C(=O)NC2O1. The lowest BCUT2D eigenvalue weighted by atomic mass is 9.96. The molecule has 3 heterocycles. The first kappa shape index (κ1) is 14.3. The zero-order valence-electron chi connectivity index (χ0n) is 11.7. The molecule has 3 rings (SSSR count). The van der Waals surface area contributed by atoms with Gasteiger partial charge in [-0.05, 0) is 19.9 Å². The average molecular weight is 298 g/mol. The summed E-state index contributed by atoms with van der Waals surface area (Å²) in [6.07, 6.45) is -0.613. The molecular weight excluding hydrogens is 280 g/mol. The van der Waals surface area contributed by atoms with E-state index in [1.165, 1.54) is 18.0 Å². The summed E-state index contributed by atoms with van der Waals surface area (Å²) in [6.45, 7) is 2.68. The highest BCUT2D eigenvalue weighted by molar-refractivity contribution is 5.78. The predicted octanol–water partition coefficient (Wildman–Crippen LogP) is -1.02. The third kappa shape index (κ3) is 2.11. The molecule has 1 fully saturated rings. The second kappa shape index (κ2) is 4.70. The Bertz CT molecular complexity index is 529. The van der Waals surface area contributed by atoms with Crippen molar-refractivity contribution in [2.45, 2.75) is 44.1 Å². The van der Waals surface area contributed by atoms with Gasteiger partial charge in [0.2, 0.25) is 6.23 Å². The first-order valence-corrected chi connectivity index (χ1v) is 6.67. The van der Waals surface area contributed by atoms with Crippen molar-refractivity contribution in [3.63, 3.8) is 0 Å². The number of amides is 2. The van der Waals surface area contributed by atoms with Crippen LogP contribution in [-0.4, -0.2) is 63.1 Å². The molecule has 116 valence electrons. The van der Waals surface area contributed by atoms with Gasteiger partial charge in [-0.15, -0.1) is 0 Å². The fourth-order valence-corrected chi connectivity index (χ4v) is 2.79. The number of nitrogens with one attached hydrogen (secondary N) is 1. The van der Waals surface area contributed by atoms with Crippen molar-refractivity contribution in [1.29, 1.82) is 0 Å². The van der Waals surface area contributed by atoms with Gasteiger partial charge in [-0.2, -0.15) is 0 Å². The van der Waals surface area contributed by atoms with Crippen LogP contribution in [-0.2, 0) is 9.47 Å². The highest BCUT2D eigenvalue weighted by atomic mass is 16.6. The quantitative estimate of drug-likeness (QED) is 0.519. The first-order chi connectivity index (χ1) is 9.84. The number of allylic oxidation sites excluding steroid dienone is 1. The largest absolute Gasteiger partial charge is 0.471 e. The van der Waals surface area contributed by atoms with Crippen molar-refractivity contribution in [3.8, 4) is 0 Å². The molecule has 0 saturated carbocycles. The van der Waals surface area contributed by atoms with Crippen molar-refractivity contribution >= 4 is 6.03 Å². The molecule has 0 bridgehead atoms. The number of aliphatic hydroxyl groups excluding tert-OH is 2. The van der Waals surface area contributed by atoms with Gasteiger partial charge in [-0.25, -0.2) is 4.79 Å². The summed E-state index contributed by atoms with van der Waals surface area (Å²) in [6, 6.07) is -0.511. The Labute approximate surface area is 121 Å². The maximum atomic E-state index is 12.2. The van der Waals surface area contributed by atoms with Crippen LogP contribution >= 0.6 is 0 Å². The van der Waals surface area contributed by atoms with Gasteiger partial charge >= 0.3 is 6.03 Å². The standard InChI is InChI=1S/C13H18N2O6/c1-6-3-7-4-15(12(18)14-10(7)20-6)11-13(2,19)9(17)8(5-16)21-11/h3-4,8-11,16-17,19H,5H2,1-2H3,(H,14,18)/t8-,9-,10?,11?,13-/m1/s1. The lowest BCUT2D eigenvalue weighted by molar-refractivity contribution is -0.108. The van der Waals surface area contributed by atoms with Gasteiger partial charge in [0, 0.05) is 11.8 Å². The van der Waals surface area contributed by atoms with Crippen LogP contribution in [0.25, 0.3) is 0 Å². The van der Waals surface area contributed by atoms with Gasteiger partial charge in [0.15, 0.2) is 6.23 Å². The number of carbonyl (C=O) groups is 1. The molecule has 0 aromatic rings. The minimum atomic E-state index is -1.70. The minimum Gasteiger partial charge on any atom is -0.471 e. The van der Waals surface area contributed by atoms with Gasteiger partial charge in [0.1, 0.15) is 17.8 Å². The van der Waals surface area contributed by atoms with E-state index in [2.05, 4.69) is 5.32 Å². The van der Waals surface area contributed by atoms with Crippen LogP contribution in [0.3, 0.4) is 0 Å². The van der Waals surface area contributed by atoms with Crippen molar-refractivity contribution in [3.05, 3.63) is 23.6 Å². The third-order valence-corrected chi connectivity index (χ3v) is 3.94. The molecule has 0 aromatic carbocycles. The van der Waals surface area contributed by atoms with Crippen LogP contribution in [0.1, 0.15) is 13.8 Å². The monoisotopic (exact) mass is 298 g/mol. The molecule has 0 aromatic heterocycles. The number of hydrogen-bond acceptors (Lipinski definition) is 6. The van der Waals surface area contributed by atoms with Crippen LogP contribution < -0.4 is 5.32 Å². The molecule has 2 amide bonds. The van der Waals surface area contributed by atoms with Gasteiger partial charge in [0.25, 0.3) is 0 Å². The summed E-state index contributed by atoms with van der Waals surface area (Å²) in [7, 11) is 0. The van der Waals surface area contributed by atoms with E-state index in [4.69, 9.17) is 9.47 Å². The molecule has 21 heavy (non-hydrogen) atoms. The van der Waals surface area contributed by atoms with Crippen LogP contribution in [0.15, 0.2) is 23.6 Å². The number of aliphatic hydroxyl groups is 3. The molecule has 5 atom stereocenters. The van der Waals surface area contributed by atoms with E-state index in [0.717, 1.165) is 0 Å². The van der Waals surface area contributed by atoms with Crippen LogP contribution in [0.4, 0.5) is 4.79 Å². The Hall–Kier alpha value is -1.61. The molecule has 1 saturated heterocycles. The van der Waals surface area contributed by atoms with Gasteiger partial charge < -0.3 is 24.8 Å². The highest BCUT2D eigenvalue weighted by Gasteiger charge is 2.55. The summed E-state index contributed by atoms with van der Waals surface area (Å²) in [5.74, 6) is 0.667. The van der Waals surface area contributed by atoms with Gasteiger partial charge in [0.05, 0.1) is 12.4 Å². The van der Waals surface area contributed by atoms with E-state index in [-0.39, 0.29) is 0 Å². The second-order valence-corrected chi connectivity index (χ2v) is 5.62. The summed E-state index contributed by atoms with van der Waals surface area (Å²) in [5.41, 5.74) is -0.985. The number of fused-ring (bicyclic) bond motifs is 1. The average Bonchev–Trinajstić information content (AvgIpc) is 2.87. The second-order valence-electron chi connectivity index (χ2n) is 5.62. The maximum Gasteiger partial charge on any atom is 0.326 e. The number of ether oxygens (including phenoxy) is 2. The van der Waals surface area contributed by atoms with E-state index in [0.29, 0.717) is 11.3 Å². The molecule has 0 radical (unpaired) electrons. The third-order valence-electron chi connectivity index (χ3n) is 3.94. The Balaban J connectivity index is 1.91.